The van der Waals surface area contributed by atoms with Gasteiger partial charge in [0.15, 0.2) is 9.84 Å². The third-order valence-corrected chi connectivity index (χ3v) is 7.26. The molecule has 0 radical (unpaired) electrons. The van der Waals surface area contributed by atoms with Gasteiger partial charge in [-0.25, -0.2) is 21.6 Å². The molecule has 130 valence electrons. The molecule has 1 fully saturated rings. The molecule has 1 heterocycles. The van der Waals surface area contributed by atoms with Gasteiger partial charge in [0.05, 0.1) is 22.0 Å². The van der Waals surface area contributed by atoms with Crippen molar-refractivity contribution in [3.8, 4) is 0 Å². The second-order valence-electron chi connectivity index (χ2n) is 5.65. The molecule has 1 N–H and O–H groups in total. The Balaban J connectivity index is 2.46. The summed E-state index contributed by atoms with van der Waals surface area (Å²) in [5.41, 5.74) is -2.75. The zero-order valence-corrected chi connectivity index (χ0v) is 14.2. The van der Waals surface area contributed by atoms with E-state index in [2.05, 4.69) is 4.72 Å². The van der Waals surface area contributed by atoms with Gasteiger partial charge in [0.25, 0.3) is 0 Å². The molecule has 1 aliphatic rings. The fourth-order valence-electron chi connectivity index (χ4n) is 2.43. The number of sulfone groups is 1. The van der Waals surface area contributed by atoms with Crippen molar-refractivity contribution in [2.75, 3.05) is 11.5 Å². The van der Waals surface area contributed by atoms with E-state index >= 15 is 0 Å². The van der Waals surface area contributed by atoms with Gasteiger partial charge < -0.3 is 0 Å². The van der Waals surface area contributed by atoms with Crippen molar-refractivity contribution in [2.24, 2.45) is 0 Å². The van der Waals surface area contributed by atoms with E-state index in [0.29, 0.717) is 6.07 Å². The summed E-state index contributed by atoms with van der Waals surface area (Å²) >= 11 is 5.51. The van der Waals surface area contributed by atoms with E-state index in [0.717, 1.165) is 12.1 Å². The lowest BCUT2D eigenvalue weighted by Gasteiger charge is -2.24. The number of hydrogen-bond donors (Lipinski definition) is 1. The van der Waals surface area contributed by atoms with Crippen LogP contribution in [-0.4, -0.2) is 33.9 Å². The lowest BCUT2D eigenvalue weighted by molar-refractivity contribution is -0.139. The van der Waals surface area contributed by atoms with Crippen molar-refractivity contribution < 1.29 is 30.0 Å². The Morgan fingerprint density at radius 1 is 1.30 bits per heavy atom. The molecule has 2 rings (SSSR count). The topological polar surface area (TPSA) is 80.3 Å². The van der Waals surface area contributed by atoms with Gasteiger partial charge in [-0.1, -0.05) is 11.6 Å². The minimum Gasteiger partial charge on any atom is -0.229 e. The van der Waals surface area contributed by atoms with Gasteiger partial charge in [0.2, 0.25) is 10.0 Å². The van der Waals surface area contributed by atoms with Crippen LogP contribution < -0.4 is 4.72 Å². The number of halogens is 4. The molecule has 23 heavy (non-hydrogen) atoms. The van der Waals surface area contributed by atoms with Gasteiger partial charge in [-0.2, -0.15) is 13.2 Å². The Hall–Kier alpha value is -0.840. The van der Waals surface area contributed by atoms with Crippen molar-refractivity contribution in [1.82, 2.24) is 4.72 Å². The normalized spacial score (nSPS) is 24.7. The Morgan fingerprint density at radius 2 is 1.91 bits per heavy atom. The number of hydrogen-bond acceptors (Lipinski definition) is 4. The van der Waals surface area contributed by atoms with E-state index in [9.17, 15) is 30.0 Å². The second-order valence-corrected chi connectivity index (χ2v) is 9.92. The molecule has 1 atom stereocenters. The number of rotatable bonds is 3. The highest BCUT2D eigenvalue weighted by molar-refractivity contribution is 7.92. The molecule has 1 aliphatic heterocycles. The largest absolute Gasteiger partial charge is 0.417 e. The maximum absolute atomic E-state index is 13.0. The predicted molar refractivity (Wildman–Crippen MR) is 78.5 cm³/mol. The van der Waals surface area contributed by atoms with Gasteiger partial charge in [0, 0.05) is 10.6 Å². The van der Waals surface area contributed by atoms with Crippen LogP contribution in [0, 0.1) is 0 Å². The summed E-state index contributed by atoms with van der Waals surface area (Å²) in [6.07, 6.45) is -4.93. The molecule has 0 spiro atoms. The van der Waals surface area contributed by atoms with Crippen LogP contribution in [0.25, 0.3) is 0 Å². The summed E-state index contributed by atoms with van der Waals surface area (Å²) in [6, 6.07) is 2.29. The minimum absolute atomic E-state index is 0.0104. The van der Waals surface area contributed by atoms with E-state index in [1.165, 1.54) is 6.92 Å². The summed E-state index contributed by atoms with van der Waals surface area (Å²) in [5.74, 6) is -0.688. The van der Waals surface area contributed by atoms with Crippen LogP contribution in [-0.2, 0) is 26.0 Å². The summed E-state index contributed by atoms with van der Waals surface area (Å²) in [7, 11) is -8.00. The van der Waals surface area contributed by atoms with Crippen molar-refractivity contribution >= 4 is 31.5 Å². The smallest absolute Gasteiger partial charge is 0.229 e. The molecule has 1 aromatic rings. The van der Waals surface area contributed by atoms with Crippen molar-refractivity contribution in [1.29, 1.82) is 0 Å². The molecule has 0 amide bonds. The standard InChI is InChI=1S/C12H13ClF3NO4S2/c1-11(4-5-22(18,19)7-11)17-23(20,21)10-3-2-8(13)6-9(10)12(14,15)16/h2-3,6,17H,4-5,7H2,1H3/t11-/m0/s1. The molecule has 1 aromatic carbocycles. The Morgan fingerprint density at radius 3 is 2.39 bits per heavy atom. The van der Waals surface area contributed by atoms with Crippen LogP contribution in [0.3, 0.4) is 0 Å². The van der Waals surface area contributed by atoms with E-state index in [-0.39, 0.29) is 17.2 Å². The highest BCUT2D eigenvalue weighted by Gasteiger charge is 2.44. The van der Waals surface area contributed by atoms with Gasteiger partial charge in [-0.3, -0.25) is 0 Å². The molecular formula is C12H13ClF3NO4S2. The van der Waals surface area contributed by atoms with Crippen LogP contribution in [0.1, 0.15) is 18.9 Å². The maximum atomic E-state index is 13.0. The Labute approximate surface area is 136 Å². The van der Waals surface area contributed by atoms with Gasteiger partial charge >= 0.3 is 6.18 Å². The first-order valence-corrected chi connectivity index (χ1v) is 10.0. The molecule has 0 unspecified atom stereocenters. The summed E-state index contributed by atoms with van der Waals surface area (Å²) in [5, 5.41) is -0.258. The molecule has 0 aliphatic carbocycles. The maximum Gasteiger partial charge on any atom is 0.417 e. The van der Waals surface area contributed by atoms with Crippen LogP contribution in [0.5, 0.6) is 0 Å². The minimum atomic E-state index is -4.92. The lowest BCUT2D eigenvalue weighted by Crippen LogP contribution is -2.47. The predicted octanol–water partition coefficient (Wildman–Crippen LogP) is 2.21. The van der Waals surface area contributed by atoms with Crippen molar-refractivity contribution in [3.63, 3.8) is 0 Å². The molecule has 5 nitrogen and oxygen atoms in total. The van der Waals surface area contributed by atoms with Crippen LogP contribution in [0.15, 0.2) is 23.1 Å². The fraction of sp³-hybridized carbons (Fsp3) is 0.500. The van der Waals surface area contributed by atoms with Crippen molar-refractivity contribution in [3.05, 3.63) is 28.8 Å². The Bertz CT molecular complexity index is 836. The van der Waals surface area contributed by atoms with Gasteiger partial charge in [0.1, 0.15) is 0 Å². The molecule has 11 heteroatoms. The van der Waals surface area contributed by atoms with E-state index < -0.39 is 47.8 Å². The van der Waals surface area contributed by atoms with Gasteiger partial charge in [-0.15, -0.1) is 0 Å². The van der Waals surface area contributed by atoms with Crippen LogP contribution in [0.4, 0.5) is 13.2 Å². The van der Waals surface area contributed by atoms with Crippen molar-refractivity contribution in [2.45, 2.75) is 30.0 Å². The van der Waals surface area contributed by atoms with Crippen LogP contribution >= 0.6 is 11.6 Å². The monoisotopic (exact) mass is 391 g/mol. The number of alkyl halides is 3. The first kappa shape index (κ1) is 18.5. The van der Waals surface area contributed by atoms with E-state index in [1.54, 1.807) is 0 Å². The summed E-state index contributed by atoms with van der Waals surface area (Å²) in [4.78, 5) is -0.986. The van der Waals surface area contributed by atoms with E-state index in [4.69, 9.17) is 11.6 Å². The highest BCUT2D eigenvalue weighted by Crippen LogP contribution is 2.36. The molecular weight excluding hydrogens is 379 g/mol. The first-order valence-electron chi connectivity index (χ1n) is 6.35. The molecule has 0 saturated carbocycles. The summed E-state index contributed by atoms with van der Waals surface area (Å²) < 4.78 is 88.9. The number of benzene rings is 1. The average molecular weight is 392 g/mol. The van der Waals surface area contributed by atoms with E-state index in [1.807, 2.05) is 0 Å². The lowest BCUT2D eigenvalue weighted by atomic mass is 10.0. The number of sulfonamides is 1. The number of nitrogens with one attached hydrogen (secondary N) is 1. The molecule has 1 saturated heterocycles. The zero-order valence-electron chi connectivity index (χ0n) is 11.8. The third-order valence-electron chi connectivity index (χ3n) is 3.42. The highest BCUT2D eigenvalue weighted by atomic mass is 35.5. The van der Waals surface area contributed by atoms with Crippen LogP contribution in [0.2, 0.25) is 5.02 Å². The molecule has 0 aromatic heterocycles. The zero-order chi connectivity index (χ0) is 17.7. The second kappa shape index (κ2) is 5.61. The SMILES string of the molecule is C[C@]1(NS(=O)(=O)c2ccc(Cl)cc2C(F)(F)F)CCS(=O)(=O)C1. The Kier molecular flexibility index (Phi) is 4.51. The fourth-order valence-corrected chi connectivity index (χ4v) is 6.43. The quantitative estimate of drug-likeness (QED) is 0.856. The summed E-state index contributed by atoms with van der Waals surface area (Å²) in [6.45, 7) is 1.35. The molecule has 0 bridgehead atoms. The van der Waals surface area contributed by atoms with Gasteiger partial charge in [-0.05, 0) is 31.5 Å². The first-order chi connectivity index (χ1) is 10.2. The average Bonchev–Trinajstić information content (AvgIpc) is 2.60. The third kappa shape index (κ3) is 4.17.